The number of likely N-dealkylation sites (tertiary alicyclic amines) is 1. The highest BCUT2D eigenvalue weighted by atomic mass is 35.5. The lowest BCUT2D eigenvalue weighted by molar-refractivity contribution is -0.134. The summed E-state index contributed by atoms with van der Waals surface area (Å²) in [6.07, 6.45) is 2.68. The highest BCUT2D eigenvalue weighted by Gasteiger charge is 2.34. The van der Waals surface area contributed by atoms with E-state index in [-0.39, 0.29) is 30.8 Å². The summed E-state index contributed by atoms with van der Waals surface area (Å²) in [5.41, 5.74) is 0.683. The number of hydrogen-bond donors (Lipinski definition) is 1. The minimum atomic E-state index is -0.560. The van der Waals surface area contributed by atoms with Crippen LogP contribution in [0.5, 0.6) is 5.75 Å². The van der Waals surface area contributed by atoms with Gasteiger partial charge in [-0.2, -0.15) is 0 Å². The van der Waals surface area contributed by atoms with Crippen LogP contribution < -0.4 is 15.0 Å². The van der Waals surface area contributed by atoms with Gasteiger partial charge in [-0.3, -0.25) is 14.5 Å². The van der Waals surface area contributed by atoms with Crippen LogP contribution in [0.25, 0.3) is 0 Å². The molecule has 1 fully saturated rings. The third-order valence-corrected chi connectivity index (χ3v) is 5.14. The fourth-order valence-electron chi connectivity index (χ4n) is 3.58. The molecule has 1 atom stereocenters. The van der Waals surface area contributed by atoms with Crippen LogP contribution in [0.2, 0.25) is 0 Å². The summed E-state index contributed by atoms with van der Waals surface area (Å²) in [5.74, 6) is 1.20. The number of fused-ring (bicyclic) bond motifs is 1. The van der Waals surface area contributed by atoms with E-state index in [9.17, 15) is 9.59 Å². The monoisotopic (exact) mass is 381 g/mol. The maximum absolute atomic E-state index is 12.7. The van der Waals surface area contributed by atoms with Gasteiger partial charge in [-0.05, 0) is 57.8 Å². The van der Waals surface area contributed by atoms with Crippen molar-refractivity contribution >= 4 is 29.9 Å². The summed E-state index contributed by atoms with van der Waals surface area (Å²) in [6, 6.07) is 7.40. The molecule has 1 aromatic carbocycles. The molecule has 0 spiro atoms. The van der Waals surface area contributed by atoms with Crippen LogP contribution in [0.4, 0.5) is 5.69 Å². The molecule has 26 heavy (non-hydrogen) atoms. The Bertz CT molecular complexity index is 632. The summed E-state index contributed by atoms with van der Waals surface area (Å²) in [7, 11) is 1.97. The molecule has 3 rings (SSSR count). The van der Waals surface area contributed by atoms with Crippen LogP contribution in [0.15, 0.2) is 24.3 Å². The van der Waals surface area contributed by atoms with E-state index in [2.05, 4.69) is 5.32 Å². The Morgan fingerprint density at radius 2 is 1.96 bits per heavy atom. The molecule has 144 valence electrons. The number of nitrogens with one attached hydrogen (secondary N) is 1. The van der Waals surface area contributed by atoms with Crippen molar-refractivity contribution in [3.05, 3.63) is 24.3 Å². The minimum absolute atomic E-state index is 0. The first kappa shape index (κ1) is 20.5. The van der Waals surface area contributed by atoms with Gasteiger partial charge in [-0.15, -0.1) is 12.4 Å². The Balaban J connectivity index is 0.00000243. The van der Waals surface area contributed by atoms with Crippen molar-refractivity contribution in [2.24, 2.45) is 5.92 Å². The number of nitrogens with zero attached hydrogens (tertiary/aromatic N) is 2. The summed E-state index contributed by atoms with van der Waals surface area (Å²) in [5, 5.41) is 3.18. The molecule has 1 saturated heterocycles. The maximum Gasteiger partial charge on any atom is 0.268 e. The number of amides is 2. The van der Waals surface area contributed by atoms with Gasteiger partial charge < -0.3 is 15.0 Å². The maximum atomic E-state index is 12.7. The Morgan fingerprint density at radius 3 is 2.65 bits per heavy atom. The van der Waals surface area contributed by atoms with Crippen molar-refractivity contribution in [1.29, 1.82) is 0 Å². The summed E-state index contributed by atoms with van der Waals surface area (Å²) in [6.45, 7) is 4.40. The van der Waals surface area contributed by atoms with Gasteiger partial charge in [0.05, 0.1) is 5.69 Å². The molecular weight excluding hydrogens is 354 g/mol. The zero-order chi connectivity index (χ0) is 17.8. The molecule has 0 saturated carbocycles. The first-order chi connectivity index (χ1) is 12.1. The van der Waals surface area contributed by atoms with Crippen molar-refractivity contribution in [2.45, 2.75) is 32.3 Å². The van der Waals surface area contributed by atoms with E-state index in [1.54, 1.807) is 11.8 Å². The van der Waals surface area contributed by atoms with Gasteiger partial charge in [0.2, 0.25) is 5.91 Å². The molecular formula is C19H28ClN3O3. The molecule has 0 aromatic heterocycles. The molecule has 2 aliphatic heterocycles. The quantitative estimate of drug-likeness (QED) is 0.848. The minimum Gasteiger partial charge on any atom is -0.479 e. The normalized spacial score (nSPS) is 20.2. The van der Waals surface area contributed by atoms with Gasteiger partial charge in [-0.25, -0.2) is 0 Å². The van der Waals surface area contributed by atoms with E-state index in [1.807, 2.05) is 36.2 Å². The number of hydrogen-bond acceptors (Lipinski definition) is 4. The molecule has 0 radical (unpaired) electrons. The highest BCUT2D eigenvalue weighted by molar-refractivity contribution is 6.03. The first-order valence-corrected chi connectivity index (χ1v) is 9.09. The number of para-hydroxylation sites is 2. The number of carbonyl (C=O) groups is 2. The number of carbonyl (C=O) groups excluding carboxylic acids is 2. The summed E-state index contributed by atoms with van der Waals surface area (Å²) in [4.78, 5) is 28.7. The second-order valence-corrected chi connectivity index (χ2v) is 6.87. The third-order valence-electron chi connectivity index (χ3n) is 5.14. The second kappa shape index (κ2) is 9.24. The van der Waals surface area contributed by atoms with Crippen molar-refractivity contribution in [3.8, 4) is 5.75 Å². The molecule has 2 heterocycles. The van der Waals surface area contributed by atoms with Crippen LogP contribution in [0.1, 0.15) is 26.2 Å². The summed E-state index contributed by atoms with van der Waals surface area (Å²) >= 11 is 0. The molecule has 7 heteroatoms. The fraction of sp³-hybridized carbons (Fsp3) is 0.579. The van der Waals surface area contributed by atoms with Crippen LogP contribution in [-0.2, 0) is 9.59 Å². The standard InChI is InChI=1S/C19H27N3O3.ClH/c1-14-19(24)22(16-5-3-4-6-17(16)25-14)13-18(23)21-11-8-15(9-12-21)7-10-20-2;/h3-6,14-15,20H,7-13H2,1-2H3;1H. The largest absolute Gasteiger partial charge is 0.479 e. The molecule has 1 N–H and O–H groups in total. The topological polar surface area (TPSA) is 61.9 Å². The van der Waals surface area contributed by atoms with E-state index in [0.29, 0.717) is 17.4 Å². The van der Waals surface area contributed by atoms with Crippen LogP contribution in [0, 0.1) is 5.92 Å². The Hall–Kier alpha value is -1.79. The molecule has 0 aliphatic carbocycles. The third kappa shape index (κ3) is 4.48. The average molecular weight is 382 g/mol. The van der Waals surface area contributed by atoms with Crippen molar-refractivity contribution < 1.29 is 14.3 Å². The van der Waals surface area contributed by atoms with E-state index in [4.69, 9.17) is 4.74 Å². The number of anilines is 1. The zero-order valence-corrected chi connectivity index (χ0v) is 16.3. The number of benzene rings is 1. The van der Waals surface area contributed by atoms with Gasteiger partial charge in [0.1, 0.15) is 12.3 Å². The first-order valence-electron chi connectivity index (χ1n) is 9.09. The van der Waals surface area contributed by atoms with Crippen molar-refractivity contribution in [3.63, 3.8) is 0 Å². The lowest BCUT2D eigenvalue weighted by Crippen LogP contribution is -2.50. The predicted molar refractivity (Wildman–Crippen MR) is 104 cm³/mol. The second-order valence-electron chi connectivity index (χ2n) is 6.87. The van der Waals surface area contributed by atoms with Crippen LogP contribution in [-0.4, -0.2) is 56.0 Å². The predicted octanol–water partition coefficient (Wildman–Crippen LogP) is 2.07. The molecule has 0 bridgehead atoms. The number of halogens is 1. The van der Waals surface area contributed by atoms with E-state index in [1.165, 1.54) is 0 Å². The van der Waals surface area contributed by atoms with Crippen LogP contribution in [0.3, 0.4) is 0 Å². The van der Waals surface area contributed by atoms with Gasteiger partial charge in [0.15, 0.2) is 6.10 Å². The molecule has 2 amide bonds. The van der Waals surface area contributed by atoms with Crippen molar-refractivity contribution in [2.75, 3.05) is 38.1 Å². The number of piperidine rings is 1. The Morgan fingerprint density at radius 1 is 1.27 bits per heavy atom. The Labute approximate surface area is 161 Å². The lowest BCUT2D eigenvalue weighted by Gasteiger charge is -2.36. The van der Waals surface area contributed by atoms with E-state index in [0.717, 1.165) is 38.9 Å². The van der Waals surface area contributed by atoms with Gasteiger partial charge in [0, 0.05) is 13.1 Å². The highest BCUT2D eigenvalue weighted by Crippen LogP contribution is 2.33. The lowest BCUT2D eigenvalue weighted by atomic mass is 9.93. The molecule has 1 unspecified atom stereocenters. The number of ether oxygens (including phenoxy) is 1. The fourth-order valence-corrected chi connectivity index (χ4v) is 3.58. The van der Waals surface area contributed by atoms with Gasteiger partial charge >= 0.3 is 0 Å². The van der Waals surface area contributed by atoms with E-state index >= 15 is 0 Å². The molecule has 6 nitrogen and oxygen atoms in total. The SMILES string of the molecule is CNCCC1CCN(C(=O)CN2C(=O)C(C)Oc3ccccc32)CC1.Cl. The van der Waals surface area contributed by atoms with Gasteiger partial charge in [0.25, 0.3) is 5.91 Å². The molecule has 1 aromatic rings. The molecule has 2 aliphatic rings. The van der Waals surface area contributed by atoms with Crippen molar-refractivity contribution in [1.82, 2.24) is 10.2 Å². The number of rotatable bonds is 5. The average Bonchev–Trinajstić information content (AvgIpc) is 2.64. The van der Waals surface area contributed by atoms with E-state index < -0.39 is 6.10 Å². The van der Waals surface area contributed by atoms with Gasteiger partial charge in [-0.1, -0.05) is 12.1 Å². The van der Waals surface area contributed by atoms with Crippen LogP contribution >= 0.6 is 12.4 Å². The summed E-state index contributed by atoms with van der Waals surface area (Å²) < 4.78 is 5.63. The zero-order valence-electron chi connectivity index (χ0n) is 15.4. The smallest absolute Gasteiger partial charge is 0.268 e. The Kier molecular flexibility index (Phi) is 7.29.